The molecule has 9 heteroatoms. The molecule has 1 aromatic rings. The molecular formula is C15H11N5O4. The van der Waals surface area contributed by atoms with Crippen LogP contribution < -0.4 is 5.32 Å². The molecule has 0 aromatic heterocycles. The number of nitrogens with one attached hydrogen (secondary N) is 1. The van der Waals surface area contributed by atoms with Crippen LogP contribution in [0.4, 0.5) is 5.69 Å². The Kier molecular flexibility index (Phi) is 3.71. The molecule has 0 bridgehead atoms. The highest BCUT2D eigenvalue weighted by molar-refractivity contribution is 5.73. The topological polar surface area (TPSA) is 125 Å². The molecule has 120 valence electrons. The summed E-state index contributed by atoms with van der Waals surface area (Å²) in [6.45, 7) is 1.05. The predicted octanol–water partition coefficient (Wildman–Crippen LogP) is 1.75. The number of hydrogen-bond acceptors (Lipinski definition) is 7. The second-order valence-electron chi connectivity index (χ2n) is 5.10. The molecule has 1 saturated heterocycles. The molecule has 0 amide bonds. The van der Waals surface area contributed by atoms with Gasteiger partial charge in [0.25, 0.3) is 5.69 Å². The highest BCUT2D eigenvalue weighted by atomic mass is 16.6. The Morgan fingerprint density at radius 3 is 2.50 bits per heavy atom. The van der Waals surface area contributed by atoms with Crippen LogP contribution in [0.5, 0.6) is 0 Å². The number of hydrogen-bond donors (Lipinski definition) is 1. The number of benzene rings is 1. The fraction of sp³-hybridized carbons (Fsp3) is 0.133. The van der Waals surface area contributed by atoms with Crippen molar-refractivity contribution in [2.75, 3.05) is 13.1 Å². The van der Waals surface area contributed by atoms with Crippen molar-refractivity contribution < 1.29 is 9.85 Å². The molecule has 0 spiro atoms. The number of nitriles is 1. The largest absolute Gasteiger partial charge is 0.364 e. The number of rotatable bonds is 3. The Morgan fingerprint density at radius 2 is 1.92 bits per heavy atom. The van der Waals surface area contributed by atoms with Gasteiger partial charge in [-0.05, 0) is 23.8 Å². The summed E-state index contributed by atoms with van der Waals surface area (Å²) >= 11 is 0. The van der Waals surface area contributed by atoms with Gasteiger partial charge in [-0.2, -0.15) is 5.26 Å². The molecule has 3 rings (SSSR count). The lowest BCUT2D eigenvalue weighted by atomic mass is 10.0. The number of nitrogens with zero attached hydrogens (tertiary/aromatic N) is 4. The first-order chi connectivity index (χ1) is 11.5. The molecule has 2 aliphatic rings. The molecule has 9 nitrogen and oxygen atoms in total. The van der Waals surface area contributed by atoms with Crippen molar-refractivity contribution in [1.29, 1.82) is 5.26 Å². The maximum absolute atomic E-state index is 11.4. The molecule has 1 fully saturated rings. The fourth-order valence-electron chi connectivity index (χ4n) is 2.74. The van der Waals surface area contributed by atoms with Crippen molar-refractivity contribution in [1.82, 2.24) is 10.2 Å². The van der Waals surface area contributed by atoms with Gasteiger partial charge in [0.15, 0.2) is 5.82 Å². The van der Waals surface area contributed by atoms with Crippen LogP contribution in [0.25, 0.3) is 5.70 Å². The number of non-ortho nitro benzene ring substituents is 1. The van der Waals surface area contributed by atoms with Crippen molar-refractivity contribution in [3.63, 3.8) is 0 Å². The van der Waals surface area contributed by atoms with Crippen molar-refractivity contribution >= 4 is 11.4 Å². The van der Waals surface area contributed by atoms with E-state index in [-0.39, 0.29) is 17.0 Å². The minimum atomic E-state index is -0.521. The predicted molar refractivity (Wildman–Crippen MR) is 83.5 cm³/mol. The first kappa shape index (κ1) is 15.2. The van der Waals surface area contributed by atoms with Gasteiger partial charge >= 0.3 is 5.70 Å². The van der Waals surface area contributed by atoms with E-state index in [0.29, 0.717) is 30.2 Å². The standard InChI is InChI=1S/C15H11N5O4/c16-6-5-11-9-13(10-1-3-12(4-2-10)19(21)22)18-8-7-17-15(18)14(11)20(23)24/h1-5,9,17H,7-8H2/b11-5+. The van der Waals surface area contributed by atoms with E-state index in [1.54, 1.807) is 23.1 Å². The number of fused-ring (bicyclic) bond motifs is 1. The Balaban J connectivity index is 2.10. The van der Waals surface area contributed by atoms with E-state index in [0.717, 1.165) is 6.08 Å². The third kappa shape index (κ3) is 2.46. The SMILES string of the molecule is N#C/C=C1\C=C(c2ccc([N+](=O)[O-])cc2)N2CCNC2=C1[N+](=O)[O-]. The van der Waals surface area contributed by atoms with Crippen LogP contribution in [0.15, 0.2) is 53.5 Å². The van der Waals surface area contributed by atoms with Gasteiger partial charge in [0.2, 0.25) is 0 Å². The summed E-state index contributed by atoms with van der Waals surface area (Å²) in [4.78, 5) is 22.9. The van der Waals surface area contributed by atoms with Gasteiger partial charge in [-0.15, -0.1) is 0 Å². The number of allylic oxidation sites excluding steroid dienone is 2. The molecule has 1 N–H and O–H groups in total. The van der Waals surface area contributed by atoms with Gasteiger partial charge in [-0.3, -0.25) is 20.2 Å². The summed E-state index contributed by atoms with van der Waals surface area (Å²) in [5.74, 6) is 0.331. The van der Waals surface area contributed by atoms with E-state index in [4.69, 9.17) is 5.26 Å². The van der Waals surface area contributed by atoms with Crippen molar-refractivity contribution in [2.45, 2.75) is 0 Å². The summed E-state index contributed by atoms with van der Waals surface area (Å²) < 4.78 is 0. The zero-order chi connectivity index (χ0) is 17.3. The van der Waals surface area contributed by atoms with Gasteiger partial charge in [0, 0.05) is 31.3 Å². The molecule has 24 heavy (non-hydrogen) atoms. The molecule has 2 heterocycles. The Bertz CT molecular complexity index is 861. The van der Waals surface area contributed by atoms with Crippen LogP contribution in [0.2, 0.25) is 0 Å². The van der Waals surface area contributed by atoms with E-state index >= 15 is 0 Å². The lowest BCUT2D eigenvalue weighted by Crippen LogP contribution is -2.27. The quantitative estimate of drug-likeness (QED) is 0.509. The van der Waals surface area contributed by atoms with Crippen molar-refractivity contribution in [2.24, 2.45) is 0 Å². The molecule has 0 radical (unpaired) electrons. The summed E-state index contributed by atoms with van der Waals surface area (Å²) in [6.07, 6.45) is 2.67. The summed E-state index contributed by atoms with van der Waals surface area (Å²) in [7, 11) is 0. The third-order valence-electron chi connectivity index (χ3n) is 3.76. The van der Waals surface area contributed by atoms with Crippen LogP contribution in [-0.2, 0) is 0 Å². The molecule has 1 aromatic carbocycles. The van der Waals surface area contributed by atoms with Crippen LogP contribution in [0.3, 0.4) is 0 Å². The van der Waals surface area contributed by atoms with E-state index in [1.807, 2.05) is 6.07 Å². The highest BCUT2D eigenvalue weighted by Gasteiger charge is 2.36. The normalized spacial score (nSPS) is 17.9. The second kappa shape index (κ2) is 5.85. The van der Waals surface area contributed by atoms with Gasteiger partial charge < -0.3 is 10.2 Å². The summed E-state index contributed by atoms with van der Waals surface area (Å²) in [5, 5.41) is 34.0. The van der Waals surface area contributed by atoms with Crippen LogP contribution in [0, 0.1) is 31.6 Å². The van der Waals surface area contributed by atoms with Crippen LogP contribution in [-0.4, -0.2) is 27.8 Å². The first-order valence-corrected chi connectivity index (χ1v) is 6.99. The zero-order valence-electron chi connectivity index (χ0n) is 12.3. The minimum Gasteiger partial charge on any atom is -0.364 e. The van der Waals surface area contributed by atoms with E-state index in [1.165, 1.54) is 12.1 Å². The average Bonchev–Trinajstić information content (AvgIpc) is 3.03. The Labute approximate surface area is 136 Å². The number of nitro groups is 2. The van der Waals surface area contributed by atoms with Gasteiger partial charge in [0.05, 0.1) is 27.2 Å². The minimum absolute atomic E-state index is 0.0377. The lowest BCUT2D eigenvalue weighted by Gasteiger charge is -2.26. The third-order valence-corrected chi connectivity index (χ3v) is 3.76. The highest BCUT2D eigenvalue weighted by Crippen LogP contribution is 2.35. The van der Waals surface area contributed by atoms with Crippen molar-refractivity contribution in [3.05, 3.63) is 79.3 Å². The summed E-state index contributed by atoms with van der Waals surface area (Å²) in [6, 6.07) is 7.74. The first-order valence-electron chi connectivity index (χ1n) is 6.99. The van der Waals surface area contributed by atoms with E-state index in [2.05, 4.69) is 5.32 Å². The van der Waals surface area contributed by atoms with Crippen molar-refractivity contribution in [3.8, 4) is 6.07 Å². The molecule has 2 aliphatic heterocycles. The van der Waals surface area contributed by atoms with E-state index < -0.39 is 9.85 Å². The monoisotopic (exact) mass is 325 g/mol. The molecular weight excluding hydrogens is 314 g/mol. The summed E-state index contributed by atoms with van der Waals surface area (Å²) in [5.41, 5.74) is 1.32. The molecule has 0 saturated carbocycles. The van der Waals surface area contributed by atoms with Gasteiger partial charge in [-0.1, -0.05) is 0 Å². The fourth-order valence-corrected chi connectivity index (χ4v) is 2.74. The molecule has 0 aliphatic carbocycles. The molecule has 0 atom stereocenters. The van der Waals surface area contributed by atoms with Crippen LogP contribution >= 0.6 is 0 Å². The van der Waals surface area contributed by atoms with Gasteiger partial charge in [-0.25, -0.2) is 0 Å². The Hall–Kier alpha value is -3.67. The second-order valence-corrected chi connectivity index (χ2v) is 5.10. The van der Waals surface area contributed by atoms with Gasteiger partial charge in [0.1, 0.15) is 0 Å². The van der Waals surface area contributed by atoms with Crippen LogP contribution in [0.1, 0.15) is 5.56 Å². The maximum Gasteiger partial charge on any atom is 0.317 e. The Morgan fingerprint density at radius 1 is 1.21 bits per heavy atom. The maximum atomic E-state index is 11.4. The number of nitro benzene ring substituents is 1. The lowest BCUT2D eigenvalue weighted by molar-refractivity contribution is -0.422. The molecule has 0 unspecified atom stereocenters. The van der Waals surface area contributed by atoms with E-state index in [9.17, 15) is 20.2 Å². The zero-order valence-corrected chi connectivity index (χ0v) is 12.3. The average molecular weight is 325 g/mol. The smallest absolute Gasteiger partial charge is 0.317 e.